The van der Waals surface area contributed by atoms with Gasteiger partial charge in [-0.25, -0.2) is 0 Å². The van der Waals surface area contributed by atoms with Gasteiger partial charge in [0.15, 0.2) is 0 Å². The molecule has 2 rings (SSSR count). The Morgan fingerprint density at radius 1 is 0.741 bits per heavy atom. The van der Waals surface area contributed by atoms with Gasteiger partial charge >= 0.3 is 0 Å². The van der Waals surface area contributed by atoms with Crippen LogP contribution in [0.25, 0.3) is 0 Å². The van der Waals surface area contributed by atoms with Crippen LogP contribution in [0.5, 0.6) is 0 Å². The number of anilines is 1. The second kappa shape index (κ2) is 13.1. The van der Waals surface area contributed by atoms with Gasteiger partial charge in [0.1, 0.15) is 6.29 Å². The number of aryl methyl sites for hydroxylation is 2. The van der Waals surface area contributed by atoms with Crippen LogP contribution in [-0.2, 0) is 12.8 Å². The minimum atomic E-state index is 0.822. The van der Waals surface area contributed by atoms with Gasteiger partial charge in [0.2, 0.25) is 0 Å². The molecule has 1 N–H and O–H groups in total. The first-order chi connectivity index (χ1) is 13.3. The van der Waals surface area contributed by atoms with E-state index in [1.54, 1.807) is 0 Å². The fraction of sp³-hybridized carbons (Fsp3) is 0.480. The van der Waals surface area contributed by atoms with E-state index in [2.05, 4.69) is 42.6 Å². The maximum absolute atomic E-state index is 11.1. The van der Waals surface area contributed by atoms with Gasteiger partial charge in [0.05, 0.1) is 0 Å². The Bertz CT molecular complexity index is 665. The number of para-hydroxylation sites is 1. The van der Waals surface area contributed by atoms with Crippen LogP contribution in [0.1, 0.15) is 79.8 Å². The van der Waals surface area contributed by atoms with Crippen molar-refractivity contribution in [3.8, 4) is 0 Å². The SMILES string of the molecule is CCCCCCCCCNc1ccccc1CCCc1ccccc1C=O. The van der Waals surface area contributed by atoms with E-state index >= 15 is 0 Å². The predicted octanol–water partition coefficient (Wildman–Crippen LogP) is 6.84. The van der Waals surface area contributed by atoms with Gasteiger partial charge in [-0.3, -0.25) is 4.79 Å². The molecule has 0 radical (unpaired) electrons. The first kappa shape index (κ1) is 21.2. The highest BCUT2D eigenvalue weighted by molar-refractivity contribution is 5.77. The summed E-state index contributed by atoms with van der Waals surface area (Å²) in [6.45, 7) is 3.32. The third-order valence-electron chi connectivity index (χ3n) is 5.19. The van der Waals surface area contributed by atoms with E-state index in [0.29, 0.717) is 0 Å². The maximum Gasteiger partial charge on any atom is 0.150 e. The molecule has 0 bridgehead atoms. The van der Waals surface area contributed by atoms with Crippen LogP contribution in [0.4, 0.5) is 5.69 Å². The summed E-state index contributed by atoms with van der Waals surface area (Å²) in [4.78, 5) is 11.1. The summed E-state index contributed by atoms with van der Waals surface area (Å²) >= 11 is 0. The molecular formula is C25H35NO. The molecule has 0 atom stereocenters. The first-order valence-corrected chi connectivity index (χ1v) is 10.7. The van der Waals surface area contributed by atoms with Crippen LogP contribution in [0.3, 0.4) is 0 Å². The van der Waals surface area contributed by atoms with Crippen molar-refractivity contribution in [3.05, 3.63) is 65.2 Å². The molecule has 0 aliphatic rings. The highest BCUT2D eigenvalue weighted by Gasteiger charge is 2.04. The Labute approximate surface area is 165 Å². The second-order valence-electron chi connectivity index (χ2n) is 7.38. The van der Waals surface area contributed by atoms with Gasteiger partial charge in [-0.15, -0.1) is 0 Å². The predicted molar refractivity (Wildman–Crippen MR) is 117 cm³/mol. The second-order valence-corrected chi connectivity index (χ2v) is 7.38. The van der Waals surface area contributed by atoms with Gasteiger partial charge in [-0.1, -0.05) is 87.9 Å². The van der Waals surface area contributed by atoms with E-state index in [-0.39, 0.29) is 0 Å². The lowest BCUT2D eigenvalue weighted by Crippen LogP contribution is -2.04. The third kappa shape index (κ3) is 7.99. The van der Waals surface area contributed by atoms with E-state index in [9.17, 15) is 4.79 Å². The van der Waals surface area contributed by atoms with Crippen molar-refractivity contribution in [1.82, 2.24) is 0 Å². The summed E-state index contributed by atoms with van der Waals surface area (Å²) in [7, 11) is 0. The number of carbonyl (C=O) groups is 1. The lowest BCUT2D eigenvalue weighted by Gasteiger charge is -2.12. The molecule has 0 saturated heterocycles. The molecule has 0 heterocycles. The van der Waals surface area contributed by atoms with E-state index in [1.165, 1.54) is 56.2 Å². The monoisotopic (exact) mass is 365 g/mol. The minimum Gasteiger partial charge on any atom is -0.385 e. The van der Waals surface area contributed by atoms with Gasteiger partial charge in [-0.2, -0.15) is 0 Å². The summed E-state index contributed by atoms with van der Waals surface area (Å²) in [5, 5.41) is 3.63. The maximum atomic E-state index is 11.1. The molecule has 2 nitrogen and oxygen atoms in total. The number of hydrogen-bond acceptors (Lipinski definition) is 2. The van der Waals surface area contributed by atoms with Crippen LogP contribution in [0.15, 0.2) is 48.5 Å². The highest BCUT2D eigenvalue weighted by atomic mass is 16.1. The van der Waals surface area contributed by atoms with E-state index in [0.717, 1.165) is 43.2 Å². The number of hydrogen-bond donors (Lipinski definition) is 1. The number of carbonyl (C=O) groups excluding carboxylic acids is 1. The Kier molecular flexibility index (Phi) is 10.3. The van der Waals surface area contributed by atoms with Crippen molar-refractivity contribution in [2.45, 2.75) is 71.1 Å². The average Bonchev–Trinajstić information content (AvgIpc) is 2.71. The largest absolute Gasteiger partial charge is 0.385 e. The topological polar surface area (TPSA) is 29.1 Å². The van der Waals surface area contributed by atoms with Gasteiger partial charge < -0.3 is 5.32 Å². The Morgan fingerprint density at radius 2 is 1.37 bits per heavy atom. The quantitative estimate of drug-likeness (QED) is 0.293. The fourth-order valence-corrected chi connectivity index (χ4v) is 3.56. The summed E-state index contributed by atoms with van der Waals surface area (Å²) in [6.07, 6.45) is 13.4. The van der Waals surface area contributed by atoms with Crippen LogP contribution in [-0.4, -0.2) is 12.8 Å². The lowest BCUT2D eigenvalue weighted by atomic mass is 9.99. The van der Waals surface area contributed by atoms with Crippen molar-refractivity contribution in [1.29, 1.82) is 0 Å². The van der Waals surface area contributed by atoms with Crippen LogP contribution in [0.2, 0.25) is 0 Å². The van der Waals surface area contributed by atoms with Crippen LogP contribution < -0.4 is 5.32 Å². The number of benzene rings is 2. The zero-order valence-corrected chi connectivity index (χ0v) is 16.9. The zero-order valence-electron chi connectivity index (χ0n) is 16.9. The van der Waals surface area contributed by atoms with Crippen LogP contribution in [0, 0.1) is 0 Å². The highest BCUT2D eigenvalue weighted by Crippen LogP contribution is 2.19. The molecule has 0 aromatic heterocycles. The Hall–Kier alpha value is -2.09. The molecule has 146 valence electrons. The minimum absolute atomic E-state index is 0.822. The van der Waals surface area contributed by atoms with Crippen molar-refractivity contribution >= 4 is 12.0 Å². The summed E-state index contributed by atoms with van der Waals surface area (Å²) < 4.78 is 0. The van der Waals surface area contributed by atoms with Crippen molar-refractivity contribution in [2.75, 3.05) is 11.9 Å². The first-order valence-electron chi connectivity index (χ1n) is 10.7. The number of nitrogens with one attached hydrogen (secondary N) is 1. The van der Waals surface area contributed by atoms with E-state index in [1.807, 2.05) is 18.2 Å². The summed E-state index contributed by atoms with van der Waals surface area (Å²) in [6, 6.07) is 16.5. The smallest absolute Gasteiger partial charge is 0.150 e. The number of unbranched alkanes of at least 4 members (excludes halogenated alkanes) is 6. The van der Waals surface area contributed by atoms with Crippen molar-refractivity contribution in [2.24, 2.45) is 0 Å². The molecule has 0 fully saturated rings. The number of aldehydes is 1. The Morgan fingerprint density at radius 3 is 2.15 bits per heavy atom. The molecule has 27 heavy (non-hydrogen) atoms. The van der Waals surface area contributed by atoms with Gasteiger partial charge in [-0.05, 0) is 42.9 Å². The van der Waals surface area contributed by atoms with Crippen molar-refractivity contribution in [3.63, 3.8) is 0 Å². The molecular weight excluding hydrogens is 330 g/mol. The van der Waals surface area contributed by atoms with E-state index in [4.69, 9.17) is 0 Å². The zero-order chi connectivity index (χ0) is 19.2. The molecule has 2 aromatic rings. The molecule has 0 unspecified atom stereocenters. The van der Waals surface area contributed by atoms with Gasteiger partial charge in [0.25, 0.3) is 0 Å². The molecule has 0 spiro atoms. The number of rotatable bonds is 14. The molecule has 2 aromatic carbocycles. The molecule has 0 saturated carbocycles. The fourth-order valence-electron chi connectivity index (χ4n) is 3.56. The average molecular weight is 366 g/mol. The standard InChI is InChI=1S/C25H35NO/c1-2-3-4-5-6-7-12-20-26-25-19-11-10-15-23(25)18-13-17-22-14-8-9-16-24(22)21-27/h8-11,14-16,19,21,26H,2-7,12-13,17-18,20H2,1H3. The molecule has 2 heteroatoms. The summed E-state index contributed by atoms with van der Waals surface area (Å²) in [5.41, 5.74) is 4.63. The Balaban J connectivity index is 1.72. The van der Waals surface area contributed by atoms with Gasteiger partial charge in [0, 0.05) is 17.8 Å². The molecule has 0 amide bonds. The van der Waals surface area contributed by atoms with E-state index < -0.39 is 0 Å². The van der Waals surface area contributed by atoms with Crippen molar-refractivity contribution < 1.29 is 4.79 Å². The summed E-state index contributed by atoms with van der Waals surface area (Å²) in [5.74, 6) is 0. The lowest BCUT2D eigenvalue weighted by molar-refractivity contribution is 0.112. The molecule has 0 aliphatic carbocycles. The molecule has 0 aliphatic heterocycles. The normalized spacial score (nSPS) is 10.7. The van der Waals surface area contributed by atoms with Crippen LogP contribution >= 0.6 is 0 Å². The third-order valence-corrected chi connectivity index (χ3v) is 5.19.